The van der Waals surface area contributed by atoms with Crippen molar-refractivity contribution in [2.24, 2.45) is 0 Å². The molecule has 0 fully saturated rings. The monoisotopic (exact) mass is 409 g/mol. The molecule has 0 atom stereocenters. The number of anilines is 1. The maximum atomic E-state index is 13.1. The van der Waals surface area contributed by atoms with Crippen LogP contribution in [0.3, 0.4) is 0 Å². The number of halogens is 2. The molecule has 5 nitrogen and oxygen atoms in total. The van der Waals surface area contributed by atoms with Gasteiger partial charge in [-0.15, -0.1) is 0 Å². The quantitative estimate of drug-likeness (QED) is 0.485. The van der Waals surface area contributed by atoms with Crippen LogP contribution in [0.15, 0.2) is 72.8 Å². The molecule has 3 aromatic carbocycles. The van der Waals surface area contributed by atoms with E-state index in [9.17, 15) is 9.18 Å². The molecule has 0 saturated heterocycles. The Kier molecular flexibility index (Phi) is 5.44. The van der Waals surface area contributed by atoms with Gasteiger partial charge >= 0.3 is 0 Å². The van der Waals surface area contributed by atoms with E-state index in [1.807, 2.05) is 36.4 Å². The van der Waals surface area contributed by atoms with Gasteiger partial charge in [-0.3, -0.25) is 4.79 Å². The molecule has 0 saturated carbocycles. The smallest absolute Gasteiger partial charge is 0.244 e. The summed E-state index contributed by atoms with van der Waals surface area (Å²) < 4.78 is 20.7. The molecule has 0 unspecified atom stereocenters. The molecular formula is C22H17ClFN3O2. The highest BCUT2D eigenvalue weighted by atomic mass is 35.5. The summed E-state index contributed by atoms with van der Waals surface area (Å²) in [6.07, 6.45) is 0. The number of imidazole rings is 1. The number of ether oxygens (including phenoxy) is 1. The summed E-state index contributed by atoms with van der Waals surface area (Å²) in [5.41, 5.74) is 2.11. The van der Waals surface area contributed by atoms with Crippen LogP contribution in [0.5, 0.6) is 5.75 Å². The predicted molar refractivity (Wildman–Crippen MR) is 111 cm³/mol. The molecule has 1 amide bonds. The number of hydrogen-bond donors (Lipinski definition) is 1. The molecule has 1 heterocycles. The van der Waals surface area contributed by atoms with Crippen LogP contribution < -0.4 is 10.1 Å². The number of para-hydroxylation sites is 3. The second-order valence-corrected chi connectivity index (χ2v) is 6.78. The Bertz CT molecular complexity index is 1160. The van der Waals surface area contributed by atoms with Gasteiger partial charge in [-0.25, -0.2) is 9.37 Å². The van der Waals surface area contributed by atoms with E-state index in [-0.39, 0.29) is 24.9 Å². The summed E-state index contributed by atoms with van der Waals surface area (Å²) in [7, 11) is 0. The number of rotatable bonds is 6. The van der Waals surface area contributed by atoms with Gasteiger partial charge in [0.25, 0.3) is 0 Å². The number of nitrogens with zero attached hydrogens (tertiary/aromatic N) is 2. The van der Waals surface area contributed by atoms with E-state index >= 15 is 0 Å². The number of nitrogens with one attached hydrogen (secondary N) is 1. The lowest BCUT2D eigenvalue weighted by Crippen LogP contribution is -2.20. The van der Waals surface area contributed by atoms with Crippen molar-refractivity contribution in [2.75, 3.05) is 5.32 Å². The van der Waals surface area contributed by atoms with Crippen LogP contribution >= 0.6 is 11.6 Å². The number of aromatic nitrogens is 2. The van der Waals surface area contributed by atoms with Crippen LogP contribution in [0.25, 0.3) is 11.0 Å². The Labute approximate surface area is 171 Å². The minimum absolute atomic E-state index is 0.0408. The van der Waals surface area contributed by atoms with Crippen LogP contribution in [0, 0.1) is 5.82 Å². The first-order chi connectivity index (χ1) is 14.1. The molecule has 0 aliphatic carbocycles. The lowest BCUT2D eigenvalue weighted by Gasteiger charge is -2.11. The van der Waals surface area contributed by atoms with Gasteiger partial charge < -0.3 is 14.6 Å². The molecule has 7 heteroatoms. The molecule has 0 spiro atoms. The van der Waals surface area contributed by atoms with E-state index < -0.39 is 0 Å². The summed E-state index contributed by atoms with van der Waals surface area (Å²) in [4.78, 5) is 17.2. The van der Waals surface area contributed by atoms with Crippen molar-refractivity contribution in [1.82, 2.24) is 9.55 Å². The third-order valence-corrected chi connectivity index (χ3v) is 4.67. The van der Waals surface area contributed by atoms with Gasteiger partial charge in [0.15, 0.2) is 0 Å². The molecule has 0 radical (unpaired) electrons. The largest absolute Gasteiger partial charge is 0.484 e. The Morgan fingerprint density at radius 2 is 1.76 bits per heavy atom. The highest BCUT2D eigenvalue weighted by molar-refractivity contribution is 6.32. The summed E-state index contributed by atoms with van der Waals surface area (Å²) in [5.74, 6) is 0.533. The van der Waals surface area contributed by atoms with Gasteiger partial charge in [0.05, 0.1) is 16.1 Å². The van der Waals surface area contributed by atoms with Crippen molar-refractivity contribution in [3.05, 3.63) is 89.5 Å². The van der Waals surface area contributed by atoms with E-state index in [2.05, 4.69) is 10.3 Å². The van der Waals surface area contributed by atoms with Crippen molar-refractivity contribution in [3.63, 3.8) is 0 Å². The van der Waals surface area contributed by atoms with E-state index in [1.54, 1.807) is 16.7 Å². The highest BCUT2D eigenvalue weighted by Crippen LogP contribution is 2.25. The van der Waals surface area contributed by atoms with Crippen LogP contribution in [0.4, 0.5) is 10.1 Å². The number of hydrogen-bond acceptors (Lipinski definition) is 3. The minimum Gasteiger partial charge on any atom is -0.484 e. The maximum Gasteiger partial charge on any atom is 0.244 e. The van der Waals surface area contributed by atoms with Gasteiger partial charge in [-0.05, 0) is 48.5 Å². The standard InChI is InChI=1S/C22H17ClFN3O2/c23-17-5-1-4-8-20(17)29-14-21-26-18-6-2-3-7-19(18)27(21)13-22(28)25-16-11-9-15(24)10-12-16/h1-12H,13-14H2,(H,25,28). The first kappa shape index (κ1) is 19.0. The first-order valence-corrected chi connectivity index (χ1v) is 9.35. The summed E-state index contributed by atoms with van der Waals surface area (Å²) >= 11 is 6.15. The first-order valence-electron chi connectivity index (χ1n) is 8.97. The normalized spacial score (nSPS) is 10.8. The fraction of sp³-hybridized carbons (Fsp3) is 0.0909. The van der Waals surface area contributed by atoms with Crippen molar-refractivity contribution in [1.29, 1.82) is 0 Å². The molecule has 4 rings (SSSR count). The molecule has 1 N–H and O–H groups in total. The lowest BCUT2D eigenvalue weighted by atomic mass is 10.3. The molecule has 1 aromatic heterocycles. The average Bonchev–Trinajstić information content (AvgIpc) is 3.06. The zero-order valence-electron chi connectivity index (χ0n) is 15.3. The van der Waals surface area contributed by atoms with Crippen LogP contribution in [-0.4, -0.2) is 15.5 Å². The van der Waals surface area contributed by atoms with E-state index in [0.717, 1.165) is 11.0 Å². The Morgan fingerprint density at radius 1 is 1.03 bits per heavy atom. The number of carbonyl (C=O) groups is 1. The topological polar surface area (TPSA) is 56.2 Å². The lowest BCUT2D eigenvalue weighted by molar-refractivity contribution is -0.116. The Hall–Kier alpha value is -3.38. The Balaban J connectivity index is 1.57. The maximum absolute atomic E-state index is 13.1. The summed E-state index contributed by atoms with van der Waals surface area (Å²) in [6.45, 7) is 0.196. The molecule has 0 aliphatic heterocycles. The van der Waals surface area contributed by atoms with Gasteiger partial charge in [0, 0.05) is 5.69 Å². The van der Waals surface area contributed by atoms with E-state index in [1.165, 1.54) is 24.3 Å². The highest BCUT2D eigenvalue weighted by Gasteiger charge is 2.15. The van der Waals surface area contributed by atoms with Crippen molar-refractivity contribution < 1.29 is 13.9 Å². The molecule has 4 aromatic rings. The van der Waals surface area contributed by atoms with E-state index in [0.29, 0.717) is 22.3 Å². The third kappa shape index (κ3) is 4.38. The number of amides is 1. The zero-order chi connectivity index (χ0) is 20.2. The van der Waals surface area contributed by atoms with Crippen LogP contribution in [0.2, 0.25) is 5.02 Å². The molecule has 146 valence electrons. The minimum atomic E-state index is -0.359. The predicted octanol–water partition coefficient (Wildman–Crippen LogP) is 5.05. The van der Waals surface area contributed by atoms with Crippen molar-refractivity contribution >= 4 is 34.2 Å². The molecule has 0 aliphatic rings. The van der Waals surface area contributed by atoms with Gasteiger partial charge in [0.1, 0.15) is 30.5 Å². The zero-order valence-corrected chi connectivity index (χ0v) is 16.1. The Morgan fingerprint density at radius 3 is 2.55 bits per heavy atom. The number of benzene rings is 3. The third-order valence-electron chi connectivity index (χ3n) is 4.36. The van der Waals surface area contributed by atoms with Gasteiger partial charge in [-0.2, -0.15) is 0 Å². The number of carbonyl (C=O) groups excluding carboxylic acids is 1. The summed E-state index contributed by atoms with van der Waals surface area (Å²) in [6, 6.07) is 20.3. The van der Waals surface area contributed by atoms with Crippen molar-refractivity contribution in [2.45, 2.75) is 13.2 Å². The number of fused-ring (bicyclic) bond motifs is 1. The fourth-order valence-corrected chi connectivity index (χ4v) is 3.18. The van der Waals surface area contributed by atoms with E-state index in [4.69, 9.17) is 16.3 Å². The van der Waals surface area contributed by atoms with Crippen molar-refractivity contribution in [3.8, 4) is 5.75 Å². The van der Waals surface area contributed by atoms with Crippen LogP contribution in [-0.2, 0) is 17.9 Å². The SMILES string of the molecule is O=C(Cn1c(COc2ccccc2Cl)nc2ccccc21)Nc1ccc(F)cc1. The van der Waals surface area contributed by atoms with Crippen LogP contribution in [0.1, 0.15) is 5.82 Å². The average molecular weight is 410 g/mol. The fourth-order valence-electron chi connectivity index (χ4n) is 2.99. The summed E-state index contributed by atoms with van der Waals surface area (Å²) in [5, 5.41) is 3.27. The second-order valence-electron chi connectivity index (χ2n) is 6.38. The molecule has 29 heavy (non-hydrogen) atoms. The molecular weight excluding hydrogens is 393 g/mol. The second kappa shape index (κ2) is 8.32. The van der Waals surface area contributed by atoms with Gasteiger partial charge in [0.2, 0.25) is 5.91 Å². The van der Waals surface area contributed by atoms with Gasteiger partial charge in [-0.1, -0.05) is 35.9 Å². The molecule has 0 bridgehead atoms.